The van der Waals surface area contributed by atoms with Gasteiger partial charge in [-0.05, 0) is 62.6 Å². The van der Waals surface area contributed by atoms with Gasteiger partial charge in [-0.1, -0.05) is 25.1 Å². The first kappa shape index (κ1) is 16.5. The van der Waals surface area contributed by atoms with Gasteiger partial charge >= 0.3 is 0 Å². The maximum absolute atomic E-state index is 12.7. The number of rotatable bonds is 6. The number of hydrogen-bond acceptors (Lipinski definition) is 2. The Labute approximate surface area is 133 Å². The van der Waals surface area contributed by atoms with Crippen LogP contribution in [0.3, 0.4) is 0 Å². The lowest BCUT2D eigenvalue weighted by molar-refractivity contribution is 0.653. The molecule has 0 fully saturated rings. The fourth-order valence-electron chi connectivity index (χ4n) is 2.62. The first-order valence-corrected chi connectivity index (χ1v) is 8.09. The van der Waals surface area contributed by atoms with Crippen LogP contribution in [0.5, 0.6) is 0 Å². The Bertz CT molecular complexity index is 701. The summed E-state index contributed by atoms with van der Waals surface area (Å²) in [5.41, 5.74) is 5.57. The summed E-state index contributed by atoms with van der Waals surface area (Å²) in [7, 11) is 0. The van der Waals surface area contributed by atoms with Gasteiger partial charge in [0.2, 0.25) is 0 Å². The highest BCUT2D eigenvalue weighted by atomic mass is 16.1. The van der Waals surface area contributed by atoms with E-state index >= 15 is 0 Å². The van der Waals surface area contributed by atoms with Crippen molar-refractivity contribution in [1.82, 2.24) is 9.88 Å². The minimum Gasteiger partial charge on any atom is -0.312 e. The van der Waals surface area contributed by atoms with Crippen LogP contribution in [0, 0.1) is 13.8 Å². The molecular weight excluding hydrogens is 272 g/mol. The molecule has 1 aromatic carbocycles. The van der Waals surface area contributed by atoms with Crippen molar-refractivity contribution < 1.29 is 0 Å². The molecule has 1 heterocycles. The van der Waals surface area contributed by atoms with Crippen LogP contribution in [0.15, 0.2) is 35.1 Å². The quantitative estimate of drug-likeness (QED) is 0.826. The first-order valence-electron chi connectivity index (χ1n) is 8.09. The second-order valence-corrected chi connectivity index (χ2v) is 5.77. The van der Waals surface area contributed by atoms with E-state index in [1.807, 2.05) is 17.6 Å². The topological polar surface area (TPSA) is 34.0 Å². The Kier molecular flexibility index (Phi) is 5.56. The molecule has 0 aliphatic rings. The molecule has 3 heteroatoms. The van der Waals surface area contributed by atoms with Crippen molar-refractivity contribution in [3.05, 3.63) is 57.4 Å². The second-order valence-electron chi connectivity index (χ2n) is 5.77. The summed E-state index contributed by atoms with van der Waals surface area (Å²) in [6.45, 7) is 10.6. The Morgan fingerprint density at radius 1 is 1.05 bits per heavy atom. The molecule has 0 bridgehead atoms. The molecule has 0 spiro atoms. The molecule has 3 nitrogen and oxygen atoms in total. The maximum atomic E-state index is 12.7. The van der Waals surface area contributed by atoms with Gasteiger partial charge < -0.3 is 9.88 Å². The third-order valence-corrected chi connectivity index (χ3v) is 4.11. The van der Waals surface area contributed by atoms with Crippen LogP contribution < -0.4 is 10.9 Å². The summed E-state index contributed by atoms with van der Waals surface area (Å²) < 4.78 is 1.87. The largest absolute Gasteiger partial charge is 0.312 e. The first-order chi connectivity index (χ1) is 10.6. The zero-order valence-electron chi connectivity index (χ0n) is 14.1. The lowest BCUT2D eigenvalue weighted by Gasteiger charge is -2.14. The van der Waals surface area contributed by atoms with E-state index in [0.717, 1.165) is 29.8 Å². The molecular formula is C19H26N2O. The number of nitrogens with zero attached hydrogens (tertiary/aromatic N) is 1. The minimum atomic E-state index is 0.113. The van der Waals surface area contributed by atoms with E-state index in [9.17, 15) is 4.79 Å². The van der Waals surface area contributed by atoms with Crippen LogP contribution in [0.2, 0.25) is 0 Å². The van der Waals surface area contributed by atoms with E-state index in [4.69, 9.17) is 0 Å². The maximum Gasteiger partial charge on any atom is 0.255 e. The van der Waals surface area contributed by atoms with Gasteiger partial charge in [0.15, 0.2) is 0 Å². The molecule has 0 aliphatic heterocycles. The molecule has 2 rings (SSSR count). The summed E-state index contributed by atoms with van der Waals surface area (Å²) in [6, 6.07) is 10.4. The Balaban J connectivity index is 2.42. The van der Waals surface area contributed by atoms with Crippen molar-refractivity contribution >= 4 is 0 Å². The van der Waals surface area contributed by atoms with Crippen molar-refractivity contribution in [2.75, 3.05) is 6.54 Å². The van der Waals surface area contributed by atoms with Crippen LogP contribution in [-0.2, 0) is 13.1 Å². The molecule has 2 aromatic rings. The van der Waals surface area contributed by atoms with Crippen molar-refractivity contribution in [2.45, 2.75) is 47.2 Å². The highest BCUT2D eigenvalue weighted by Gasteiger charge is 2.09. The average molecular weight is 298 g/mol. The lowest BCUT2D eigenvalue weighted by atomic mass is 10.0. The number of aryl methyl sites for hydroxylation is 2. The van der Waals surface area contributed by atoms with Crippen LogP contribution in [0.1, 0.15) is 37.0 Å². The third-order valence-electron chi connectivity index (χ3n) is 4.11. The summed E-state index contributed by atoms with van der Waals surface area (Å²) in [5.74, 6) is 0. The van der Waals surface area contributed by atoms with Crippen molar-refractivity contribution in [2.24, 2.45) is 0 Å². The van der Waals surface area contributed by atoms with Gasteiger partial charge in [0.25, 0.3) is 5.56 Å². The standard InChI is InChI=1S/C19H26N2O/c1-5-11-20-13-17-9-10-18(21(6-2)19(17)22)16-8-7-14(3)15(4)12-16/h7-10,12,20H,5-6,11,13H2,1-4H3. The molecule has 0 radical (unpaired) electrons. The Morgan fingerprint density at radius 2 is 1.82 bits per heavy atom. The molecule has 118 valence electrons. The van der Waals surface area contributed by atoms with E-state index in [0.29, 0.717) is 13.1 Å². The van der Waals surface area contributed by atoms with Crippen LogP contribution in [-0.4, -0.2) is 11.1 Å². The second kappa shape index (κ2) is 7.41. The van der Waals surface area contributed by atoms with Gasteiger partial charge in [0.05, 0.1) is 5.69 Å². The highest BCUT2D eigenvalue weighted by Crippen LogP contribution is 2.21. The van der Waals surface area contributed by atoms with Crippen LogP contribution in [0.25, 0.3) is 11.3 Å². The van der Waals surface area contributed by atoms with E-state index in [2.05, 4.69) is 50.4 Å². The number of hydrogen-bond donors (Lipinski definition) is 1. The van der Waals surface area contributed by atoms with Gasteiger partial charge in [0, 0.05) is 18.7 Å². The SMILES string of the molecule is CCCNCc1ccc(-c2ccc(C)c(C)c2)n(CC)c1=O. The van der Waals surface area contributed by atoms with Gasteiger partial charge in [-0.15, -0.1) is 0 Å². The number of nitrogens with one attached hydrogen (secondary N) is 1. The minimum absolute atomic E-state index is 0.113. The van der Waals surface area contributed by atoms with E-state index in [1.165, 1.54) is 11.1 Å². The van der Waals surface area contributed by atoms with Gasteiger partial charge in [-0.3, -0.25) is 4.79 Å². The van der Waals surface area contributed by atoms with Crippen molar-refractivity contribution in [1.29, 1.82) is 0 Å². The smallest absolute Gasteiger partial charge is 0.255 e. The number of benzene rings is 1. The zero-order valence-corrected chi connectivity index (χ0v) is 14.1. The summed E-state index contributed by atoms with van der Waals surface area (Å²) in [6.07, 6.45) is 1.07. The molecule has 0 atom stereocenters. The summed E-state index contributed by atoms with van der Waals surface area (Å²) >= 11 is 0. The molecule has 0 saturated heterocycles. The normalized spacial score (nSPS) is 10.9. The van der Waals surface area contributed by atoms with Gasteiger partial charge in [-0.2, -0.15) is 0 Å². The van der Waals surface area contributed by atoms with Gasteiger partial charge in [0.1, 0.15) is 0 Å². The zero-order chi connectivity index (χ0) is 16.1. The van der Waals surface area contributed by atoms with Gasteiger partial charge in [-0.25, -0.2) is 0 Å². The fourth-order valence-corrected chi connectivity index (χ4v) is 2.62. The van der Waals surface area contributed by atoms with E-state index in [1.54, 1.807) is 0 Å². The molecule has 0 saturated carbocycles. The molecule has 1 aromatic heterocycles. The summed E-state index contributed by atoms with van der Waals surface area (Å²) in [4.78, 5) is 12.7. The molecule has 1 N–H and O–H groups in total. The van der Waals surface area contributed by atoms with E-state index in [-0.39, 0.29) is 5.56 Å². The number of pyridine rings is 1. The fraction of sp³-hybridized carbons (Fsp3) is 0.421. The molecule has 0 unspecified atom stereocenters. The van der Waals surface area contributed by atoms with Crippen molar-refractivity contribution in [3.8, 4) is 11.3 Å². The Morgan fingerprint density at radius 3 is 2.45 bits per heavy atom. The highest BCUT2D eigenvalue weighted by molar-refractivity contribution is 5.61. The summed E-state index contributed by atoms with van der Waals surface area (Å²) in [5, 5.41) is 3.31. The van der Waals surface area contributed by atoms with Crippen molar-refractivity contribution in [3.63, 3.8) is 0 Å². The molecule has 0 aliphatic carbocycles. The lowest BCUT2D eigenvalue weighted by Crippen LogP contribution is -2.28. The predicted octanol–water partition coefficient (Wildman–Crippen LogP) is 3.65. The molecule has 0 amide bonds. The van der Waals surface area contributed by atoms with Crippen LogP contribution in [0.4, 0.5) is 0 Å². The van der Waals surface area contributed by atoms with Crippen LogP contribution >= 0.6 is 0 Å². The Hall–Kier alpha value is -1.87. The average Bonchev–Trinajstić information content (AvgIpc) is 2.51. The number of aromatic nitrogens is 1. The predicted molar refractivity (Wildman–Crippen MR) is 93.3 cm³/mol. The third kappa shape index (κ3) is 3.47. The van der Waals surface area contributed by atoms with E-state index < -0.39 is 0 Å². The monoisotopic (exact) mass is 298 g/mol. The molecule has 22 heavy (non-hydrogen) atoms.